The highest BCUT2D eigenvalue weighted by Crippen LogP contribution is 2.32. The molecule has 0 saturated carbocycles. The lowest BCUT2D eigenvalue weighted by Crippen LogP contribution is -1.92. The Bertz CT molecular complexity index is 397. The third-order valence-corrected chi connectivity index (χ3v) is 2.22. The molecule has 0 bridgehead atoms. The topological polar surface area (TPSA) is 26.0 Å². The van der Waals surface area contributed by atoms with Crippen LogP contribution >= 0.6 is 10.0 Å². The molecule has 0 radical (unpaired) electrons. The van der Waals surface area contributed by atoms with Crippen LogP contribution < -0.4 is 5.73 Å². The van der Waals surface area contributed by atoms with Gasteiger partial charge in [-0.1, -0.05) is 19.8 Å². The van der Waals surface area contributed by atoms with Gasteiger partial charge in [0, 0.05) is 5.69 Å². The number of rotatable bonds is 0. The quantitative estimate of drug-likeness (QED) is 0.546. The van der Waals surface area contributed by atoms with E-state index in [2.05, 4.69) is 29.9 Å². The van der Waals surface area contributed by atoms with Gasteiger partial charge in [-0.25, -0.2) is 4.39 Å². The first-order valence-electron chi connectivity index (χ1n) is 5.14. The zero-order valence-corrected chi connectivity index (χ0v) is 11.4. The largest absolute Gasteiger partial charge is 0.398 e. The van der Waals surface area contributed by atoms with E-state index in [4.69, 9.17) is 5.73 Å². The van der Waals surface area contributed by atoms with E-state index in [9.17, 15) is 4.39 Å². The molecule has 1 rings (SSSR count). The zero-order chi connectivity index (χ0) is 12.8. The first-order valence-corrected chi connectivity index (χ1v) is 8.00. The van der Waals surface area contributed by atoms with Crippen molar-refractivity contribution in [2.45, 2.75) is 13.8 Å². The summed E-state index contributed by atoms with van der Waals surface area (Å²) in [4.78, 5) is 0. The van der Waals surface area contributed by atoms with Gasteiger partial charge >= 0.3 is 0 Å². The van der Waals surface area contributed by atoms with Gasteiger partial charge in [-0.3, -0.25) is 0 Å². The molecular weight excluding hydrogens is 221 g/mol. The van der Waals surface area contributed by atoms with E-state index in [0.717, 1.165) is 0 Å². The van der Waals surface area contributed by atoms with Gasteiger partial charge in [-0.15, -0.1) is 0 Å². The highest BCUT2D eigenvalue weighted by atomic mass is 32.3. The second-order valence-electron chi connectivity index (χ2n) is 3.80. The maximum atomic E-state index is 12.9. The Morgan fingerprint density at radius 1 is 1.19 bits per heavy atom. The SMILES string of the molecule is CC.CS(C)(C)C#Cc1cc(F)ccc1N. The van der Waals surface area contributed by atoms with Gasteiger partial charge in [0.15, 0.2) is 0 Å². The molecule has 0 heterocycles. The molecule has 0 atom stereocenters. The fraction of sp³-hybridized carbons (Fsp3) is 0.385. The summed E-state index contributed by atoms with van der Waals surface area (Å²) in [6.45, 7) is 4.00. The summed E-state index contributed by atoms with van der Waals surface area (Å²) in [5, 5.41) is 3.09. The van der Waals surface area contributed by atoms with E-state index < -0.39 is 10.0 Å². The predicted octanol–water partition coefficient (Wildman–Crippen LogP) is 3.44. The van der Waals surface area contributed by atoms with E-state index >= 15 is 0 Å². The molecule has 0 amide bonds. The minimum absolute atomic E-state index is 0.299. The fourth-order valence-corrected chi connectivity index (χ4v) is 1.26. The molecule has 1 nitrogen and oxygen atoms in total. The average Bonchev–Trinajstić information content (AvgIpc) is 2.21. The van der Waals surface area contributed by atoms with E-state index in [1.54, 1.807) is 0 Å². The van der Waals surface area contributed by atoms with Gasteiger partial charge in [0.2, 0.25) is 0 Å². The first kappa shape index (κ1) is 14.9. The number of nitrogen functional groups attached to an aromatic ring is 1. The van der Waals surface area contributed by atoms with Gasteiger partial charge in [-0.05, 0) is 42.2 Å². The summed E-state index contributed by atoms with van der Waals surface area (Å²) in [6.07, 6.45) is 6.24. The molecule has 1 aromatic rings. The predicted molar refractivity (Wildman–Crippen MR) is 74.4 cm³/mol. The molecule has 0 aliphatic rings. The van der Waals surface area contributed by atoms with Crippen LogP contribution in [-0.2, 0) is 0 Å². The molecule has 0 aliphatic carbocycles. The standard InChI is InChI=1S/C11H14FNS.C2H6/c1-14(2,3)7-6-9-8-10(12)4-5-11(9)13;1-2/h4-5,8H,13H2,1-3H3;1-2H3. The van der Waals surface area contributed by atoms with Crippen molar-refractivity contribution in [1.82, 2.24) is 0 Å². The maximum absolute atomic E-state index is 12.9. The monoisotopic (exact) mass is 241 g/mol. The van der Waals surface area contributed by atoms with E-state index in [0.29, 0.717) is 11.3 Å². The van der Waals surface area contributed by atoms with Crippen LogP contribution in [0.4, 0.5) is 10.1 Å². The van der Waals surface area contributed by atoms with Gasteiger partial charge in [0.25, 0.3) is 0 Å². The lowest BCUT2D eigenvalue weighted by molar-refractivity contribution is 0.627. The molecule has 0 aromatic heterocycles. The van der Waals surface area contributed by atoms with Gasteiger partial charge in [-0.2, -0.15) is 10.0 Å². The minimum atomic E-state index is -0.891. The van der Waals surface area contributed by atoms with Crippen LogP contribution in [0.2, 0.25) is 0 Å². The number of nitrogens with two attached hydrogens (primary N) is 1. The summed E-state index contributed by atoms with van der Waals surface area (Å²) in [6, 6.07) is 4.25. The molecule has 0 unspecified atom stereocenters. The smallest absolute Gasteiger partial charge is 0.124 e. The highest BCUT2D eigenvalue weighted by molar-refractivity contribution is 8.35. The number of benzene rings is 1. The van der Waals surface area contributed by atoms with Crippen LogP contribution in [0, 0.1) is 17.0 Å². The molecule has 0 spiro atoms. The van der Waals surface area contributed by atoms with Crippen molar-refractivity contribution in [2.24, 2.45) is 0 Å². The summed E-state index contributed by atoms with van der Waals surface area (Å²) >= 11 is 0. The third-order valence-electron chi connectivity index (χ3n) is 1.51. The number of halogens is 1. The number of hydrogen-bond acceptors (Lipinski definition) is 1. The van der Waals surface area contributed by atoms with E-state index in [1.165, 1.54) is 18.2 Å². The van der Waals surface area contributed by atoms with Gasteiger partial charge in [0.05, 0.1) is 5.56 Å². The van der Waals surface area contributed by atoms with Crippen molar-refractivity contribution >= 4 is 15.7 Å². The summed E-state index contributed by atoms with van der Waals surface area (Å²) in [5.41, 5.74) is 6.77. The van der Waals surface area contributed by atoms with Crippen LogP contribution in [0.3, 0.4) is 0 Å². The Morgan fingerprint density at radius 3 is 2.25 bits per heavy atom. The molecule has 1 aromatic carbocycles. The summed E-state index contributed by atoms with van der Waals surface area (Å²) in [7, 11) is -0.891. The Balaban J connectivity index is 0.00000106. The lowest BCUT2D eigenvalue weighted by atomic mass is 10.2. The van der Waals surface area contributed by atoms with Crippen molar-refractivity contribution < 1.29 is 4.39 Å². The molecule has 2 N–H and O–H groups in total. The molecule has 0 aliphatic heterocycles. The Morgan fingerprint density at radius 2 is 1.75 bits per heavy atom. The number of anilines is 1. The third kappa shape index (κ3) is 5.67. The van der Waals surface area contributed by atoms with Crippen LogP contribution in [0.25, 0.3) is 0 Å². The molecule has 90 valence electrons. The van der Waals surface area contributed by atoms with Crippen LogP contribution in [0.1, 0.15) is 19.4 Å². The Labute approximate surface area is 99.6 Å². The molecular formula is C13H20FNS. The molecule has 0 fully saturated rings. The second-order valence-corrected chi connectivity index (χ2v) is 7.67. The minimum Gasteiger partial charge on any atom is -0.398 e. The van der Waals surface area contributed by atoms with Crippen LogP contribution in [0.5, 0.6) is 0 Å². The van der Waals surface area contributed by atoms with Crippen LogP contribution in [0.15, 0.2) is 18.2 Å². The average molecular weight is 241 g/mol. The Kier molecular flexibility index (Phi) is 5.98. The zero-order valence-electron chi connectivity index (χ0n) is 10.6. The normalized spacial score (nSPS) is 10.6. The Hall–Kier alpha value is -1.14. The lowest BCUT2D eigenvalue weighted by Gasteiger charge is -2.14. The van der Waals surface area contributed by atoms with Gasteiger partial charge in [0.1, 0.15) is 5.82 Å². The van der Waals surface area contributed by atoms with Crippen molar-refractivity contribution in [3.63, 3.8) is 0 Å². The maximum Gasteiger partial charge on any atom is 0.124 e. The number of hydrogen-bond donors (Lipinski definition) is 1. The second kappa shape index (κ2) is 6.44. The molecule has 0 saturated heterocycles. The summed E-state index contributed by atoms with van der Waals surface area (Å²) in [5.74, 6) is 2.62. The van der Waals surface area contributed by atoms with Gasteiger partial charge < -0.3 is 5.73 Å². The van der Waals surface area contributed by atoms with Crippen molar-refractivity contribution in [1.29, 1.82) is 0 Å². The van der Waals surface area contributed by atoms with Crippen molar-refractivity contribution in [3.8, 4) is 11.2 Å². The van der Waals surface area contributed by atoms with Crippen molar-refractivity contribution in [3.05, 3.63) is 29.6 Å². The van der Waals surface area contributed by atoms with E-state index in [1.807, 2.05) is 13.8 Å². The van der Waals surface area contributed by atoms with Crippen molar-refractivity contribution in [2.75, 3.05) is 24.5 Å². The summed E-state index contributed by atoms with van der Waals surface area (Å²) < 4.78 is 12.9. The van der Waals surface area contributed by atoms with Crippen LogP contribution in [-0.4, -0.2) is 18.8 Å². The first-order chi connectivity index (χ1) is 7.38. The molecule has 3 heteroatoms. The van der Waals surface area contributed by atoms with E-state index in [-0.39, 0.29) is 5.82 Å². The highest BCUT2D eigenvalue weighted by Gasteiger charge is 1.99. The fourth-order valence-electron chi connectivity index (χ4n) is 0.845. The molecule has 16 heavy (non-hydrogen) atoms.